The van der Waals surface area contributed by atoms with Gasteiger partial charge in [-0.2, -0.15) is 5.10 Å². The largest absolute Gasteiger partial charge is 0.391 e. The van der Waals surface area contributed by atoms with Crippen LogP contribution in [0.2, 0.25) is 0 Å². The second-order valence-electron chi connectivity index (χ2n) is 5.78. The molecular weight excluding hydrogens is 322 g/mol. The maximum Gasteiger partial charge on any atom is 0.273 e. The monoisotopic (exact) mass is 343 g/mol. The Labute approximate surface area is 127 Å². The first-order chi connectivity index (χ1) is 9.50. The molecule has 1 aliphatic rings. The van der Waals surface area contributed by atoms with E-state index in [-0.39, 0.29) is 11.8 Å². The van der Waals surface area contributed by atoms with Crippen LogP contribution in [0.1, 0.15) is 61.6 Å². The van der Waals surface area contributed by atoms with Gasteiger partial charge in [0, 0.05) is 6.54 Å². The zero-order valence-corrected chi connectivity index (χ0v) is 13.5. The van der Waals surface area contributed by atoms with Crippen LogP contribution in [0.3, 0.4) is 0 Å². The number of hydrogen-bond donors (Lipinski definition) is 3. The summed E-state index contributed by atoms with van der Waals surface area (Å²) in [5.41, 5.74) is 1.26. The molecule has 1 saturated carbocycles. The Bertz CT molecular complexity index is 467. The van der Waals surface area contributed by atoms with E-state index < -0.39 is 6.10 Å². The van der Waals surface area contributed by atoms with Crippen LogP contribution in [-0.2, 0) is 0 Å². The molecule has 1 aromatic heterocycles. The molecule has 1 heterocycles. The second-order valence-corrected chi connectivity index (χ2v) is 6.57. The highest BCUT2D eigenvalue weighted by Crippen LogP contribution is 2.28. The number of aliphatic hydroxyl groups excluding tert-OH is 1. The summed E-state index contributed by atoms with van der Waals surface area (Å²) < 4.78 is 0.709. The van der Waals surface area contributed by atoms with Crippen molar-refractivity contribution in [1.82, 2.24) is 15.5 Å². The molecule has 2 rings (SSSR count). The predicted molar refractivity (Wildman–Crippen MR) is 80.7 cm³/mol. The summed E-state index contributed by atoms with van der Waals surface area (Å²) in [4.78, 5) is 12.1. The van der Waals surface area contributed by atoms with Crippen molar-refractivity contribution in [3.63, 3.8) is 0 Å². The van der Waals surface area contributed by atoms with Crippen molar-refractivity contribution >= 4 is 21.8 Å². The minimum atomic E-state index is -0.455. The summed E-state index contributed by atoms with van der Waals surface area (Å²) in [5.74, 6) is 0.337. The predicted octanol–water partition coefficient (Wildman–Crippen LogP) is 2.58. The molecule has 1 amide bonds. The molecule has 5 nitrogen and oxygen atoms in total. The van der Waals surface area contributed by atoms with Crippen molar-refractivity contribution in [2.45, 2.75) is 51.6 Å². The summed E-state index contributed by atoms with van der Waals surface area (Å²) in [5, 5.41) is 19.7. The zero-order valence-electron chi connectivity index (χ0n) is 11.9. The van der Waals surface area contributed by atoms with Gasteiger partial charge in [-0.1, -0.05) is 26.7 Å². The summed E-state index contributed by atoms with van der Waals surface area (Å²) in [6, 6.07) is 0. The van der Waals surface area contributed by atoms with Crippen LogP contribution in [0.4, 0.5) is 0 Å². The maximum atomic E-state index is 12.1. The van der Waals surface area contributed by atoms with Crippen LogP contribution < -0.4 is 5.32 Å². The molecule has 0 saturated heterocycles. The van der Waals surface area contributed by atoms with E-state index in [0.717, 1.165) is 18.5 Å². The minimum Gasteiger partial charge on any atom is -0.391 e. The molecule has 3 N–H and O–H groups in total. The second kappa shape index (κ2) is 6.72. The van der Waals surface area contributed by atoms with Crippen molar-refractivity contribution in [3.05, 3.63) is 15.9 Å². The molecule has 20 heavy (non-hydrogen) atoms. The average molecular weight is 344 g/mol. The topological polar surface area (TPSA) is 78.0 Å². The fourth-order valence-electron chi connectivity index (χ4n) is 2.66. The third-order valence-electron chi connectivity index (χ3n) is 3.94. The summed E-state index contributed by atoms with van der Waals surface area (Å²) in [7, 11) is 0. The number of carbonyl (C=O) groups is 1. The van der Waals surface area contributed by atoms with Crippen molar-refractivity contribution < 1.29 is 9.90 Å². The number of halogens is 1. The van der Waals surface area contributed by atoms with E-state index in [4.69, 9.17) is 0 Å². The van der Waals surface area contributed by atoms with Crippen LogP contribution >= 0.6 is 15.9 Å². The van der Waals surface area contributed by atoms with Gasteiger partial charge in [0.05, 0.1) is 16.3 Å². The molecule has 1 unspecified atom stereocenters. The Kier molecular flexibility index (Phi) is 5.21. The van der Waals surface area contributed by atoms with E-state index in [9.17, 15) is 9.90 Å². The number of nitrogens with one attached hydrogen (secondary N) is 2. The van der Waals surface area contributed by atoms with E-state index in [1.807, 2.05) is 13.8 Å². The van der Waals surface area contributed by atoms with Gasteiger partial charge in [-0.15, -0.1) is 0 Å². The summed E-state index contributed by atoms with van der Waals surface area (Å²) >= 11 is 3.41. The molecule has 0 aliphatic heterocycles. The van der Waals surface area contributed by atoms with Crippen LogP contribution in [0.25, 0.3) is 0 Å². The van der Waals surface area contributed by atoms with E-state index in [1.165, 1.54) is 12.8 Å². The average Bonchev–Trinajstić information content (AvgIpc) is 3.04. The van der Waals surface area contributed by atoms with Gasteiger partial charge in [0.15, 0.2) is 5.69 Å². The number of rotatable bonds is 5. The quantitative estimate of drug-likeness (QED) is 0.768. The molecule has 6 heteroatoms. The molecule has 0 radical (unpaired) electrons. The Balaban J connectivity index is 1.91. The van der Waals surface area contributed by atoms with Gasteiger partial charge >= 0.3 is 0 Å². The lowest BCUT2D eigenvalue weighted by molar-refractivity contribution is 0.0836. The highest BCUT2D eigenvalue weighted by molar-refractivity contribution is 9.10. The van der Waals surface area contributed by atoms with E-state index in [0.29, 0.717) is 22.6 Å². The number of aromatic nitrogens is 2. The summed E-state index contributed by atoms with van der Waals surface area (Å²) in [6.07, 6.45) is 4.02. The number of amides is 1. The van der Waals surface area contributed by atoms with Crippen LogP contribution in [0, 0.1) is 5.92 Å². The molecule has 0 aromatic carbocycles. The number of hydrogen-bond acceptors (Lipinski definition) is 3. The van der Waals surface area contributed by atoms with E-state index in [2.05, 4.69) is 31.4 Å². The smallest absolute Gasteiger partial charge is 0.273 e. The minimum absolute atomic E-state index is 0.253. The molecule has 1 aromatic rings. The molecule has 1 fully saturated rings. The van der Waals surface area contributed by atoms with Crippen LogP contribution in [-0.4, -0.2) is 33.9 Å². The third kappa shape index (κ3) is 3.41. The van der Waals surface area contributed by atoms with Gasteiger partial charge < -0.3 is 10.4 Å². The van der Waals surface area contributed by atoms with Crippen molar-refractivity contribution in [3.8, 4) is 0 Å². The Morgan fingerprint density at radius 1 is 1.50 bits per heavy atom. The van der Waals surface area contributed by atoms with Crippen LogP contribution in [0.5, 0.6) is 0 Å². The SMILES string of the molecule is CC(C)c1[nH]nc(C(=O)NCC(O)C2CCCC2)c1Br. The lowest BCUT2D eigenvalue weighted by atomic mass is 10.0. The number of H-pyrrole nitrogens is 1. The zero-order chi connectivity index (χ0) is 14.7. The number of nitrogens with zero attached hydrogens (tertiary/aromatic N) is 1. The Morgan fingerprint density at radius 2 is 2.15 bits per heavy atom. The lowest BCUT2D eigenvalue weighted by Gasteiger charge is -2.17. The van der Waals surface area contributed by atoms with Crippen LogP contribution in [0.15, 0.2) is 4.47 Å². The molecule has 112 valence electrons. The fraction of sp³-hybridized carbons (Fsp3) is 0.714. The van der Waals surface area contributed by atoms with E-state index >= 15 is 0 Å². The fourth-order valence-corrected chi connectivity index (χ4v) is 3.48. The van der Waals surface area contributed by atoms with Crippen molar-refractivity contribution in [1.29, 1.82) is 0 Å². The molecule has 1 aliphatic carbocycles. The van der Waals surface area contributed by atoms with Gasteiger partial charge in [-0.05, 0) is 40.6 Å². The normalized spacial score (nSPS) is 17.6. The Hall–Kier alpha value is -0.880. The standard InChI is InChI=1S/C14H22BrN3O2/c1-8(2)12-11(15)13(18-17-12)14(20)16-7-10(19)9-5-3-4-6-9/h8-10,19H,3-7H2,1-2H3,(H,16,20)(H,17,18). The van der Waals surface area contributed by atoms with Crippen molar-refractivity contribution in [2.24, 2.45) is 5.92 Å². The summed E-state index contributed by atoms with van der Waals surface area (Å²) in [6.45, 7) is 4.35. The van der Waals surface area contributed by atoms with E-state index in [1.54, 1.807) is 0 Å². The first-order valence-electron chi connectivity index (χ1n) is 7.20. The number of aromatic amines is 1. The van der Waals surface area contributed by atoms with Gasteiger partial charge in [-0.3, -0.25) is 9.89 Å². The number of carbonyl (C=O) groups excluding carboxylic acids is 1. The highest BCUT2D eigenvalue weighted by atomic mass is 79.9. The maximum absolute atomic E-state index is 12.1. The molecule has 0 spiro atoms. The van der Waals surface area contributed by atoms with Gasteiger partial charge in [-0.25, -0.2) is 0 Å². The third-order valence-corrected chi connectivity index (χ3v) is 4.74. The van der Waals surface area contributed by atoms with Crippen molar-refractivity contribution in [2.75, 3.05) is 6.54 Å². The van der Waals surface area contributed by atoms with Gasteiger partial charge in [0.1, 0.15) is 0 Å². The first kappa shape index (κ1) is 15.5. The Morgan fingerprint density at radius 3 is 2.70 bits per heavy atom. The molecule has 0 bridgehead atoms. The highest BCUT2D eigenvalue weighted by Gasteiger charge is 2.25. The first-order valence-corrected chi connectivity index (χ1v) is 8.00. The number of aliphatic hydroxyl groups is 1. The molecule has 1 atom stereocenters. The lowest BCUT2D eigenvalue weighted by Crippen LogP contribution is -2.35. The van der Waals surface area contributed by atoms with Gasteiger partial charge in [0.2, 0.25) is 0 Å². The molecular formula is C14H22BrN3O2. The van der Waals surface area contributed by atoms with Gasteiger partial charge in [0.25, 0.3) is 5.91 Å².